The van der Waals surface area contributed by atoms with Crippen LogP contribution in [0.3, 0.4) is 0 Å². The van der Waals surface area contributed by atoms with E-state index >= 15 is 0 Å². The average molecular weight is 300 g/mol. The molecule has 1 amide bonds. The molecular formula is C17H17FN2O2. The summed E-state index contributed by atoms with van der Waals surface area (Å²) in [5, 5.41) is 3.89. The second kappa shape index (κ2) is 7.36. The van der Waals surface area contributed by atoms with E-state index in [1.165, 1.54) is 18.2 Å². The van der Waals surface area contributed by atoms with E-state index in [1.54, 1.807) is 12.3 Å². The van der Waals surface area contributed by atoms with Gasteiger partial charge in [0.2, 0.25) is 0 Å². The lowest BCUT2D eigenvalue weighted by molar-refractivity contribution is -0.123. The monoisotopic (exact) mass is 300 g/mol. The van der Waals surface area contributed by atoms with Crippen LogP contribution in [-0.2, 0) is 4.79 Å². The maximum atomic E-state index is 12.9. The Morgan fingerprint density at radius 2 is 2.09 bits per heavy atom. The van der Waals surface area contributed by atoms with E-state index in [1.807, 2.05) is 32.0 Å². The predicted octanol–water partition coefficient (Wildman–Crippen LogP) is 2.97. The van der Waals surface area contributed by atoms with Crippen LogP contribution in [-0.4, -0.2) is 18.7 Å². The van der Waals surface area contributed by atoms with Gasteiger partial charge >= 0.3 is 0 Å². The third-order valence-electron chi connectivity index (χ3n) is 2.99. The second-order valence-corrected chi connectivity index (χ2v) is 4.90. The van der Waals surface area contributed by atoms with Gasteiger partial charge in [-0.1, -0.05) is 29.8 Å². The Labute approximate surface area is 128 Å². The van der Waals surface area contributed by atoms with Crippen molar-refractivity contribution in [2.45, 2.75) is 13.8 Å². The number of nitrogens with zero attached hydrogens (tertiary/aromatic N) is 1. The predicted molar refractivity (Wildman–Crippen MR) is 83.5 cm³/mol. The maximum Gasteiger partial charge on any atom is 0.277 e. The van der Waals surface area contributed by atoms with E-state index in [0.717, 1.165) is 16.7 Å². The highest BCUT2D eigenvalue weighted by atomic mass is 19.1. The van der Waals surface area contributed by atoms with Gasteiger partial charge in [0.05, 0.1) is 6.21 Å². The van der Waals surface area contributed by atoms with E-state index < -0.39 is 11.7 Å². The van der Waals surface area contributed by atoms with Crippen LogP contribution in [0.1, 0.15) is 16.7 Å². The molecule has 0 atom stereocenters. The van der Waals surface area contributed by atoms with Crippen molar-refractivity contribution in [3.05, 3.63) is 65.0 Å². The van der Waals surface area contributed by atoms with Crippen molar-refractivity contribution >= 4 is 12.1 Å². The van der Waals surface area contributed by atoms with Crippen molar-refractivity contribution in [3.63, 3.8) is 0 Å². The normalized spacial score (nSPS) is 10.7. The van der Waals surface area contributed by atoms with Crippen molar-refractivity contribution in [2.24, 2.45) is 5.10 Å². The largest absolute Gasteiger partial charge is 0.484 e. The highest BCUT2D eigenvalue weighted by molar-refractivity contribution is 5.84. The number of nitrogens with one attached hydrogen (secondary N) is 1. The van der Waals surface area contributed by atoms with Gasteiger partial charge in [0.25, 0.3) is 5.91 Å². The Morgan fingerprint density at radius 3 is 2.86 bits per heavy atom. The van der Waals surface area contributed by atoms with Crippen LogP contribution in [0.4, 0.5) is 4.39 Å². The summed E-state index contributed by atoms with van der Waals surface area (Å²) in [6.45, 7) is 3.73. The van der Waals surface area contributed by atoms with Gasteiger partial charge in [-0.2, -0.15) is 5.10 Å². The van der Waals surface area contributed by atoms with Crippen molar-refractivity contribution in [3.8, 4) is 5.75 Å². The highest BCUT2D eigenvalue weighted by Crippen LogP contribution is 2.11. The molecule has 2 aromatic carbocycles. The number of carbonyl (C=O) groups excluding carboxylic acids is 1. The molecule has 0 aliphatic carbocycles. The minimum absolute atomic E-state index is 0.229. The van der Waals surface area contributed by atoms with Crippen LogP contribution in [0.2, 0.25) is 0 Å². The number of benzene rings is 2. The molecule has 0 unspecified atom stereocenters. The maximum absolute atomic E-state index is 12.9. The molecule has 0 bridgehead atoms. The number of ether oxygens (including phenoxy) is 1. The molecule has 114 valence electrons. The van der Waals surface area contributed by atoms with Gasteiger partial charge in [-0.25, -0.2) is 9.82 Å². The molecule has 2 rings (SSSR count). The molecule has 0 heterocycles. The van der Waals surface area contributed by atoms with Crippen molar-refractivity contribution in [1.82, 2.24) is 5.43 Å². The zero-order valence-corrected chi connectivity index (χ0v) is 12.5. The molecule has 0 aromatic heterocycles. The number of carbonyl (C=O) groups is 1. The van der Waals surface area contributed by atoms with Gasteiger partial charge in [-0.15, -0.1) is 0 Å². The number of halogens is 1. The summed E-state index contributed by atoms with van der Waals surface area (Å²) < 4.78 is 18.1. The molecule has 5 heteroatoms. The Kier molecular flexibility index (Phi) is 5.25. The van der Waals surface area contributed by atoms with Crippen LogP contribution >= 0.6 is 0 Å². The zero-order chi connectivity index (χ0) is 15.9. The van der Waals surface area contributed by atoms with E-state index in [4.69, 9.17) is 4.74 Å². The lowest BCUT2D eigenvalue weighted by Crippen LogP contribution is -2.24. The van der Waals surface area contributed by atoms with Crippen LogP contribution < -0.4 is 10.2 Å². The third-order valence-corrected chi connectivity index (χ3v) is 2.99. The number of hydrogen-bond donors (Lipinski definition) is 1. The lowest BCUT2D eigenvalue weighted by Gasteiger charge is -2.05. The average Bonchev–Trinajstić information content (AvgIpc) is 2.49. The highest BCUT2D eigenvalue weighted by Gasteiger charge is 2.02. The first kappa shape index (κ1) is 15.7. The number of hydrogen-bond acceptors (Lipinski definition) is 3. The van der Waals surface area contributed by atoms with Crippen molar-refractivity contribution in [2.75, 3.05) is 6.61 Å². The van der Waals surface area contributed by atoms with Gasteiger partial charge in [0.15, 0.2) is 6.61 Å². The van der Waals surface area contributed by atoms with Crippen LogP contribution in [0.15, 0.2) is 47.6 Å². The van der Waals surface area contributed by atoms with Gasteiger partial charge in [-0.3, -0.25) is 4.79 Å². The fourth-order valence-corrected chi connectivity index (χ4v) is 1.81. The minimum Gasteiger partial charge on any atom is -0.484 e. The summed E-state index contributed by atoms with van der Waals surface area (Å²) in [5.74, 6) is -0.523. The van der Waals surface area contributed by atoms with Crippen molar-refractivity contribution < 1.29 is 13.9 Å². The molecule has 0 aliphatic rings. The number of amides is 1. The summed E-state index contributed by atoms with van der Waals surface area (Å²) in [4.78, 5) is 11.6. The van der Waals surface area contributed by atoms with Gasteiger partial charge in [0, 0.05) is 6.07 Å². The van der Waals surface area contributed by atoms with E-state index in [2.05, 4.69) is 10.5 Å². The minimum atomic E-state index is -0.411. The Morgan fingerprint density at radius 1 is 1.27 bits per heavy atom. The summed E-state index contributed by atoms with van der Waals surface area (Å²) in [6.07, 6.45) is 1.59. The number of hydrazone groups is 1. The summed E-state index contributed by atoms with van der Waals surface area (Å²) in [7, 11) is 0. The molecule has 22 heavy (non-hydrogen) atoms. The Balaban J connectivity index is 1.85. The fourth-order valence-electron chi connectivity index (χ4n) is 1.81. The molecule has 0 saturated carbocycles. The first-order valence-corrected chi connectivity index (χ1v) is 6.82. The topological polar surface area (TPSA) is 50.7 Å². The first-order chi connectivity index (χ1) is 10.5. The molecule has 1 N–H and O–H groups in total. The standard InChI is InChI=1S/C17H17FN2O2/c1-12-6-7-13(2)14(8-12)10-19-20-17(21)11-22-16-5-3-4-15(18)9-16/h3-10H,11H2,1-2H3,(H,20,21)/b19-10-. The van der Waals surface area contributed by atoms with Gasteiger partial charge in [0.1, 0.15) is 11.6 Å². The van der Waals surface area contributed by atoms with Crippen molar-refractivity contribution in [1.29, 1.82) is 0 Å². The van der Waals surface area contributed by atoms with E-state index in [9.17, 15) is 9.18 Å². The summed E-state index contributed by atoms with van der Waals surface area (Å²) in [6, 6.07) is 11.6. The molecule has 0 aliphatic heterocycles. The van der Waals surface area contributed by atoms with Crippen LogP contribution in [0, 0.1) is 19.7 Å². The molecule has 0 radical (unpaired) electrons. The molecular weight excluding hydrogens is 283 g/mol. The van der Waals surface area contributed by atoms with E-state index in [0.29, 0.717) is 5.75 Å². The SMILES string of the molecule is Cc1ccc(C)c(/C=N\NC(=O)COc2cccc(F)c2)c1. The zero-order valence-electron chi connectivity index (χ0n) is 12.5. The fraction of sp³-hybridized carbons (Fsp3) is 0.176. The molecule has 4 nitrogen and oxygen atoms in total. The third kappa shape index (κ3) is 4.70. The lowest BCUT2D eigenvalue weighted by atomic mass is 10.1. The number of rotatable bonds is 5. The summed E-state index contributed by atoms with van der Waals surface area (Å²) in [5.41, 5.74) is 5.50. The Bertz CT molecular complexity index is 699. The smallest absolute Gasteiger partial charge is 0.277 e. The molecule has 0 fully saturated rings. The van der Waals surface area contributed by atoms with E-state index in [-0.39, 0.29) is 6.61 Å². The Hall–Kier alpha value is -2.69. The van der Waals surface area contributed by atoms with Crippen LogP contribution in [0.25, 0.3) is 0 Å². The molecule has 0 saturated heterocycles. The summed E-state index contributed by atoms with van der Waals surface area (Å²) >= 11 is 0. The molecule has 2 aromatic rings. The van der Waals surface area contributed by atoms with Gasteiger partial charge < -0.3 is 4.74 Å². The molecule has 0 spiro atoms. The van der Waals surface area contributed by atoms with Gasteiger partial charge in [-0.05, 0) is 37.1 Å². The second-order valence-electron chi connectivity index (χ2n) is 4.90. The first-order valence-electron chi connectivity index (χ1n) is 6.82. The number of aryl methyl sites for hydroxylation is 2. The van der Waals surface area contributed by atoms with Crippen LogP contribution in [0.5, 0.6) is 5.75 Å². The quantitative estimate of drug-likeness (QED) is 0.682.